The smallest absolute Gasteiger partial charge is 0.339 e. The molecule has 1 aliphatic carbocycles. The number of fused-ring (bicyclic) bond motifs is 2. The largest absolute Gasteiger partial charge is 0.465 e. The molecule has 30 heavy (non-hydrogen) atoms. The molecule has 1 heterocycles. The highest BCUT2D eigenvalue weighted by molar-refractivity contribution is 6.40. The van der Waals surface area contributed by atoms with Crippen LogP contribution >= 0.6 is 0 Å². The first-order chi connectivity index (χ1) is 14.0. The summed E-state index contributed by atoms with van der Waals surface area (Å²) in [5.41, 5.74) is 0.302. The van der Waals surface area contributed by atoms with Gasteiger partial charge in [-0.1, -0.05) is 20.8 Å². The van der Waals surface area contributed by atoms with Crippen molar-refractivity contribution >= 4 is 29.4 Å². The number of rotatable bonds is 3. The Bertz CT molecular complexity index is 909. The van der Waals surface area contributed by atoms with E-state index in [2.05, 4.69) is 30.8 Å². The maximum absolute atomic E-state index is 13.0. The molecule has 162 valence electrons. The molecule has 2 unspecified atom stereocenters. The van der Waals surface area contributed by atoms with E-state index >= 15 is 0 Å². The topological polar surface area (TPSA) is 102 Å². The second kappa shape index (κ2) is 7.74. The van der Waals surface area contributed by atoms with Crippen molar-refractivity contribution < 1.29 is 28.7 Å². The Morgan fingerprint density at radius 1 is 1.03 bits per heavy atom. The maximum atomic E-state index is 13.0. The van der Waals surface area contributed by atoms with E-state index in [1.807, 2.05) is 0 Å². The van der Waals surface area contributed by atoms with E-state index in [9.17, 15) is 19.2 Å². The third kappa shape index (κ3) is 4.17. The Kier molecular flexibility index (Phi) is 5.62. The van der Waals surface area contributed by atoms with Crippen molar-refractivity contribution in [3.63, 3.8) is 0 Å². The van der Waals surface area contributed by atoms with Crippen LogP contribution < -0.4 is 5.32 Å². The fourth-order valence-corrected chi connectivity index (χ4v) is 5.18. The maximum Gasteiger partial charge on any atom is 0.339 e. The van der Waals surface area contributed by atoms with E-state index in [1.54, 1.807) is 4.90 Å². The van der Waals surface area contributed by atoms with Crippen LogP contribution in [0.4, 0.5) is 5.69 Å². The normalized spacial score (nSPS) is 24.2. The van der Waals surface area contributed by atoms with Crippen molar-refractivity contribution in [2.75, 3.05) is 26.1 Å². The van der Waals surface area contributed by atoms with Gasteiger partial charge in [-0.3, -0.25) is 9.59 Å². The van der Waals surface area contributed by atoms with Crippen LogP contribution in [0, 0.1) is 10.8 Å². The summed E-state index contributed by atoms with van der Waals surface area (Å²) < 4.78 is 9.42. The van der Waals surface area contributed by atoms with E-state index in [0.29, 0.717) is 6.54 Å². The van der Waals surface area contributed by atoms with E-state index in [1.165, 1.54) is 32.4 Å². The Morgan fingerprint density at radius 3 is 2.33 bits per heavy atom. The minimum absolute atomic E-state index is 0.00959. The number of anilines is 1. The molecule has 0 radical (unpaired) electrons. The van der Waals surface area contributed by atoms with Crippen LogP contribution in [0.5, 0.6) is 0 Å². The highest BCUT2D eigenvalue weighted by Gasteiger charge is 2.51. The first kappa shape index (κ1) is 21.8. The number of nitrogens with one attached hydrogen (secondary N) is 1. The fraction of sp³-hybridized carbons (Fsp3) is 0.545. The number of carbonyl (C=O) groups excluding carboxylic acids is 4. The van der Waals surface area contributed by atoms with Crippen LogP contribution in [-0.2, 0) is 19.1 Å². The zero-order chi connectivity index (χ0) is 22.3. The van der Waals surface area contributed by atoms with E-state index < -0.39 is 23.8 Å². The lowest BCUT2D eigenvalue weighted by atomic mass is 9.65. The van der Waals surface area contributed by atoms with Gasteiger partial charge in [0.15, 0.2) is 0 Å². The van der Waals surface area contributed by atoms with Crippen molar-refractivity contribution in [2.45, 2.75) is 46.1 Å². The number of esters is 2. The van der Waals surface area contributed by atoms with Crippen LogP contribution in [0.15, 0.2) is 18.2 Å². The third-order valence-corrected chi connectivity index (χ3v) is 5.96. The lowest BCUT2D eigenvalue weighted by Crippen LogP contribution is -2.43. The van der Waals surface area contributed by atoms with Gasteiger partial charge in [-0.05, 0) is 48.3 Å². The van der Waals surface area contributed by atoms with Gasteiger partial charge in [0.05, 0.1) is 31.0 Å². The monoisotopic (exact) mass is 416 g/mol. The van der Waals surface area contributed by atoms with Gasteiger partial charge in [0.25, 0.3) is 0 Å². The zero-order valence-electron chi connectivity index (χ0n) is 18.0. The molecule has 2 bridgehead atoms. The number of hydrogen-bond donors (Lipinski definition) is 1. The lowest BCUT2D eigenvalue weighted by Gasteiger charge is -2.39. The molecule has 8 nitrogen and oxygen atoms in total. The number of amides is 2. The molecule has 2 amide bonds. The summed E-state index contributed by atoms with van der Waals surface area (Å²) in [6.07, 6.45) is 2.71. The molecule has 2 fully saturated rings. The molecular formula is C22H28N2O6. The third-order valence-electron chi connectivity index (χ3n) is 5.96. The molecule has 0 aromatic heterocycles. The van der Waals surface area contributed by atoms with Crippen LogP contribution in [0.1, 0.15) is 60.7 Å². The fourth-order valence-electron chi connectivity index (χ4n) is 5.18. The summed E-state index contributed by atoms with van der Waals surface area (Å²) in [6, 6.07) is 4.06. The number of nitrogens with zero attached hydrogens (tertiary/aromatic N) is 1. The molecule has 2 aliphatic rings. The first-order valence-corrected chi connectivity index (χ1v) is 9.91. The SMILES string of the molecule is COC(=O)c1ccc(C(=O)OC)c(NC(=O)C(=O)N2CC3(C)CC2CC(C)(C)C3)c1. The number of methoxy groups -OCH3 is 2. The van der Waals surface area contributed by atoms with E-state index in [-0.39, 0.29) is 33.7 Å². The number of carbonyl (C=O) groups is 4. The Hall–Kier alpha value is -2.90. The van der Waals surface area contributed by atoms with Gasteiger partial charge in [-0.2, -0.15) is 0 Å². The van der Waals surface area contributed by atoms with E-state index in [4.69, 9.17) is 4.74 Å². The van der Waals surface area contributed by atoms with Gasteiger partial charge in [0.2, 0.25) is 0 Å². The second-order valence-electron chi connectivity index (χ2n) is 9.34. The average molecular weight is 416 g/mol. The minimum Gasteiger partial charge on any atom is -0.465 e. The summed E-state index contributed by atoms with van der Waals surface area (Å²) in [5.74, 6) is -2.81. The van der Waals surface area contributed by atoms with Crippen molar-refractivity contribution in [3.05, 3.63) is 29.3 Å². The average Bonchev–Trinajstić information content (AvgIpc) is 2.94. The van der Waals surface area contributed by atoms with Gasteiger partial charge in [0.1, 0.15) is 0 Å². The predicted octanol–water partition coefficient (Wildman–Crippen LogP) is 2.63. The van der Waals surface area contributed by atoms with Gasteiger partial charge in [-0.25, -0.2) is 9.59 Å². The summed E-state index contributed by atoms with van der Waals surface area (Å²) in [6.45, 7) is 7.06. The van der Waals surface area contributed by atoms with Crippen molar-refractivity contribution in [1.82, 2.24) is 4.90 Å². The molecule has 8 heteroatoms. The molecular weight excluding hydrogens is 388 g/mol. The highest BCUT2D eigenvalue weighted by Crippen LogP contribution is 2.52. The van der Waals surface area contributed by atoms with Gasteiger partial charge in [0, 0.05) is 12.6 Å². The van der Waals surface area contributed by atoms with E-state index in [0.717, 1.165) is 19.3 Å². The minimum atomic E-state index is -0.851. The summed E-state index contributed by atoms with van der Waals surface area (Å²) in [7, 11) is 2.44. The Labute approximate surface area is 175 Å². The molecule has 1 aromatic carbocycles. The number of hydrogen-bond acceptors (Lipinski definition) is 6. The standard InChI is InChI=1S/C22H28N2O6/c1-21(2)9-14-10-22(3,11-21)12-24(14)18(26)17(25)23-16-8-13(19(27)29-4)6-7-15(16)20(28)30-5/h6-8,14H,9-12H2,1-5H3,(H,23,25). The summed E-state index contributed by atoms with van der Waals surface area (Å²) in [5, 5.41) is 2.50. The Balaban J connectivity index is 1.84. The van der Waals surface area contributed by atoms with Crippen LogP contribution in [0.2, 0.25) is 0 Å². The second-order valence-corrected chi connectivity index (χ2v) is 9.34. The van der Waals surface area contributed by atoms with Crippen LogP contribution in [0.3, 0.4) is 0 Å². The van der Waals surface area contributed by atoms with Crippen molar-refractivity contribution in [1.29, 1.82) is 0 Å². The lowest BCUT2D eigenvalue weighted by molar-refractivity contribution is -0.144. The molecule has 3 rings (SSSR count). The summed E-state index contributed by atoms with van der Waals surface area (Å²) in [4.78, 5) is 51.3. The molecule has 2 atom stereocenters. The number of likely N-dealkylation sites (tertiary alicyclic amines) is 1. The highest BCUT2D eigenvalue weighted by atomic mass is 16.5. The van der Waals surface area contributed by atoms with Crippen LogP contribution in [-0.4, -0.2) is 55.5 Å². The first-order valence-electron chi connectivity index (χ1n) is 9.91. The quantitative estimate of drug-likeness (QED) is 0.600. The number of benzene rings is 1. The van der Waals surface area contributed by atoms with Gasteiger partial charge >= 0.3 is 23.8 Å². The predicted molar refractivity (Wildman–Crippen MR) is 109 cm³/mol. The van der Waals surface area contributed by atoms with Gasteiger partial charge in [-0.15, -0.1) is 0 Å². The number of ether oxygens (including phenoxy) is 2. The molecule has 1 saturated heterocycles. The molecule has 1 aromatic rings. The zero-order valence-corrected chi connectivity index (χ0v) is 18.0. The molecule has 1 saturated carbocycles. The molecule has 1 N–H and O–H groups in total. The van der Waals surface area contributed by atoms with Crippen molar-refractivity contribution in [2.24, 2.45) is 10.8 Å². The van der Waals surface area contributed by atoms with Crippen LogP contribution in [0.25, 0.3) is 0 Å². The summed E-state index contributed by atoms with van der Waals surface area (Å²) >= 11 is 0. The Morgan fingerprint density at radius 2 is 1.70 bits per heavy atom. The molecule has 0 spiro atoms. The van der Waals surface area contributed by atoms with Gasteiger partial charge < -0.3 is 19.7 Å². The molecule has 1 aliphatic heterocycles. The van der Waals surface area contributed by atoms with Crippen molar-refractivity contribution in [3.8, 4) is 0 Å².